The highest BCUT2D eigenvalue weighted by Gasteiger charge is 2.23. The molecule has 0 saturated carbocycles. The van der Waals surface area contributed by atoms with Crippen LogP contribution in [-0.2, 0) is 11.3 Å². The zero-order valence-corrected chi connectivity index (χ0v) is 10.3. The second-order valence-electron chi connectivity index (χ2n) is 4.56. The highest BCUT2D eigenvalue weighted by Crippen LogP contribution is 2.16. The predicted molar refractivity (Wildman–Crippen MR) is 64.9 cm³/mol. The van der Waals surface area contributed by atoms with Crippen LogP contribution in [0.1, 0.15) is 18.9 Å². The van der Waals surface area contributed by atoms with Crippen molar-refractivity contribution < 1.29 is 9.53 Å². The highest BCUT2D eigenvalue weighted by molar-refractivity contribution is 5.81. The first-order chi connectivity index (χ1) is 8.19. The van der Waals surface area contributed by atoms with E-state index in [1.165, 1.54) is 0 Å². The molecule has 1 fully saturated rings. The molecule has 92 valence electrons. The number of pyridine rings is 1. The van der Waals surface area contributed by atoms with E-state index < -0.39 is 0 Å². The van der Waals surface area contributed by atoms with Gasteiger partial charge >= 0.3 is 0 Å². The molecule has 17 heavy (non-hydrogen) atoms. The third-order valence-corrected chi connectivity index (χ3v) is 3.17. The summed E-state index contributed by atoms with van der Waals surface area (Å²) in [6.45, 7) is 4.56. The summed E-state index contributed by atoms with van der Waals surface area (Å²) >= 11 is 0. The van der Waals surface area contributed by atoms with Gasteiger partial charge in [0.15, 0.2) is 0 Å². The van der Waals surface area contributed by atoms with Crippen molar-refractivity contribution in [3.8, 4) is 5.88 Å². The predicted octanol–water partition coefficient (Wildman–Crippen LogP) is 1.50. The third-order valence-electron chi connectivity index (χ3n) is 3.17. The fourth-order valence-electron chi connectivity index (χ4n) is 2.12. The molecule has 0 spiro atoms. The van der Waals surface area contributed by atoms with E-state index in [2.05, 4.69) is 9.88 Å². The number of rotatable bonds is 3. The number of ether oxygens (including phenoxy) is 1. The molecule has 1 aliphatic rings. The number of carbonyl (C=O) groups excluding carboxylic acids is 1. The Morgan fingerprint density at radius 3 is 2.94 bits per heavy atom. The fraction of sp³-hybridized carbons (Fsp3) is 0.538. The minimum atomic E-state index is 0.162. The van der Waals surface area contributed by atoms with Crippen LogP contribution in [-0.4, -0.2) is 35.9 Å². The van der Waals surface area contributed by atoms with Crippen LogP contribution in [0.4, 0.5) is 0 Å². The van der Waals surface area contributed by atoms with E-state index in [1.807, 2.05) is 25.3 Å². The maximum absolute atomic E-state index is 11.4. The first-order valence-corrected chi connectivity index (χ1v) is 5.93. The highest BCUT2D eigenvalue weighted by atomic mass is 16.5. The van der Waals surface area contributed by atoms with Crippen molar-refractivity contribution in [1.29, 1.82) is 0 Å². The van der Waals surface area contributed by atoms with E-state index >= 15 is 0 Å². The summed E-state index contributed by atoms with van der Waals surface area (Å²) in [5.74, 6) is 1.18. The van der Waals surface area contributed by atoms with E-state index in [-0.39, 0.29) is 5.92 Å². The van der Waals surface area contributed by atoms with Crippen LogP contribution in [0.25, 0.3) is 0 Å². The molecule has 1 aromatic heterocycles. The Morgan fingerprint density at radius 1 is 1.53 bits per heavy atom. The summed E-state index contributed by atoms with van der Waals surface area (Å²) in [5.41, 5.74) is 1.16. The summed E-state index contributed by atoms with van der Waals surface area (Å²) < 4.78 is 5.02. The number of piperidine rings is 1. The summed E-state index contributed by atoms with van der Waals surface area (Å²) in [6.07, 6.45) is 2.50. The summed E-state index contributed by atoms with van der Waals surface area (Å²) in [5, 5.41) is 0. The standard InChI is InChI=1S/C13H18N2O2/c1-10-8-15(6-5-12(10)16)9-11-3-4-13(17-2)14-7-11/h3-4,7,10H,5-6,8-9H2,1-2H3. The average molecular weight is 234 g/mol. The molecule has 1 aromatic rings. The lowest BCUT2D eigenvalue weighted by molar-refractivity contribution is -0.125. The average Bonchev–Trinajstić information content (AvgIpc) is 2.35. The molecule has 1 unspecified atom stereocenters. The lowest BCUT2D eigenvalue weighted by Crippen LogP contribution is -2.39. The molecule has 4 heteroatoms. The van der Waals surface area contributed by atoms with Crippen LogP contribution in [0, 0.1) is 5.92 Å². The Bertz CT molecular complexity index is 389. The van der Waals surface area contributed by atoms with Crippen molar-refractivity contribution in [2.24, 2.45) is 5.92 Å². The van der Waals surface area contributed by atoms with Gasteiger partial charge in [0.1, 0.15) is 5.78 Å². The molecule has 0 N–H and O–H groups in total. The number of likely N-dealkylation sites (tertiary alicyclic amines) is 1. The third kappa shape index (κ3) is 3.03. The van der Waals surface area contributed by atoms with Crippen LogP contribution in [0.15, 0.2) is 18.3 Å². The van der Waals surface area contributed by atoms with Gasteiger partial charge in [0.2, 0.25) is 5.88 Å². The summed E-state index contributed by atoms with van der Waals surface area (Å²) in [7, 11) is 1.61. The van der Waals surface area contributed by atoms with Gasteiger partial charge in [0, 0.05) is 44.2 Å². The Hall–Kier alpha value is -1.42. The van der Waals surface area contributed by atoms with Gasteiger partial charge in [-0.2, -0.15) is 0 Å². The molecule has 0 bridgehead atoms. The van der Waals surface area contributed by atoms with E-state index in [1.54, 1.807) is 7.11 Å². The number of methoxy groups -OCH3 is 1. The van der Waals surface area contributed by atoms with Crippen LogP contribution < -0.4 is 4.74 Å². The number of hydrogen-bond donors (Lipinski definition) is 0. The molecule has 0 amide bonds. The van der Waals surface area contributed by atoms with Gasteiger partial charge in [-0.25, -0.2) is 4.98 Å². The van der Waals surface area contributed by atoms with E-state index in [0.29, 0.717) is 18.1 Å². The second kappa shape index (κ2) is 5.27. The van der Waals surface area contributed by atoms with Crippen molar-refractivity contribution in [2.45, 2.75) is 19.9 Å². The molecular weight excluding hydrogens is 216 g/mol. The van der Waals surface area contributed by atoms with Gasteiger partial charge in [-0.3, -0.25) is 9.69 Å². The zero-order chi connectivity index (χ0) is 12.3. The largest absolute Gasteiger partial charge is 0.481 e. The number of Topliss-reactive ketones (excluding diaryl/α,β-unsaturated/α-hetero) is 1. The maximum Gasteiger partial charge on any atom is 0.212 e. The summed E-state index contributed by atoms with van der Waals surface area (Å²) in [6, 6.07) is 3.89. The van der Waals surface area contributed by atoms with Gasteiger partial charge in [-0.1, -0.05) is 13.0 Å². The van der Waals surface area contributed by atoms with E-state index in [4.69, 9.17) is 4.74 Å². The van der Waals surface area contributed by atoms with Crippen molar-refractivity contribution in [3.63, 3.8) is 0 Å². The SMILES string of the molecule is COc1ccc(CN2CCC(=O)C(C)C2)cn1. The number of carbonyl (C=O) groups is 1. The van der Waals surface area contributed by atoms with Crippen LogP contribution in [0.2, 0.25) is 0 Å². The molecule has 1 saturated heterocycles. The smallest absolute Gasteiger partial charge is 0.212 e. The van der Waals surface area contributed by atoms with Crippen LogP contribution in [0.5, 0.6) is 5.88 Å². The minimum Gasteiger partial charge on any atom is -0.481 e. The molecule has 4 nitrogen and oxygen atoms in total. The van der Waals surface area contributed by atoms with Crippen molar-refractivity contribution >= 4 is 5.78 Å². The Morgan fingerprint density at radius 2 is 2.35 bits per heavy atom. The van der Waals surface area contributed by atoms with Crippen molar-refractivity contribution in [3.05, 3.63) is 23.9 Å². The summed E-state index contributed by atoms with van der Waals surface area (Å²) in [4.78, 5) is 17.9. The van der Waals surface area contributed by atoms with Crippen LogP contribution >= 0.6 is 0 Å². The quantitative estimate of drug-likeness (QED) is 0.795. The van der Waals surface area contributed by atoms with Crippen LogP contribution in [0.3, 0.4) is 0 Å². The van der Waals surface area contributed by atoms with Gasteiger partial charge in [0.05, 0.1) is 7.11 Å². The Kier molecular flexibility index (Phi) is 3.74. The Balaban J connectivity index is 1.94. The first-order valence-electron chi connectivity index (χ1n) is 5.93. The maximum atomic E-state index is 11.4. The van der Waals surface area contributed by atoms with E-state index in [0.717, 1.165) is 25.2 Å². The molecular formula is C13H18N2O2. The molecule has 1 atom stereocenters. The normalized spacial score (nSPS) is 21.5. The molecule has 1 aliphatic heterocycles. The second-order valence-corrected chi connectivity index (χ2v) is 4.56. The first kappa shape index (κ1) is 12.0. The minimum absolute atomic E-state index is 0.162. The molecule has 2 heterocycles. The number of nitrogens with zero attached hydrogens (tertiary/aromatic N) is 2. The van der Waals surface area contributed by atoms with E-state index in [9.17, 15) is 4.79 Å². The lowest BCUT2D eigenvalue weighted by atomic mass is 9.98. The van der Waals surface area contributed by atoms with Gasteiger partial charge < -0.3 is 4.74 Å². The topological polar surface area (TPSA) is 42.4 Å². The van der Waals surface area contributed by atoms with Gasteiger partial charge in [0.25, 0.3) is 0 Å². The zero-order valence-electron chi connectivity index (χ0n) is 10.3. The number of aromatic nitrogens is 1. The monoisotopic (exact) mass is 234 g/mol. The molecule has 0 radical (unpaired) electrons. The van der Waals surface area contributed by atoms with Crippen molar-refractivity contribution in [2.75, 3.05) is 20.2 Å². The molecule has 2 rings (SSSR count). The van der Waals surface area contributed by atoms with Gasteiger partial charge in [-0.05, 0) is 5.56 Å². The molecule has 0 aromatic carbocycles. The lowest BCUT2D eigenvalue weighted by Gasteiger charge is -2.29. The van der Waals surface area contributed by atoms with Crippen molar-refractivity contribution in [1.82, 2.24) is 9.88 Å². The fourth-order valence-corrected chi connectivity index (χ4v) is 2.12. The van der Waals surface area contributed by atoms with Gasteiger partial charge in [-0.15, -0.1) is 0 Å². The number of hydrogen-bond acceptors (Lipinski definition) is 4. The molecule has 0 aliphatic carbocycles. The number of ketones is 1. The Labute approximate surface area is 102 Å².